The zero-order chi connectivity index (χ0) is 14.8. The van der Waals surface area contributed by atoms with Crippen molar-refractivity contribution in [3.63, 3.8) is 0 Å². The van der Waals surface area contributed by atoms with E-state index in [1.165, 1.54) is 0 Å². The number of nitrogens with one attached hydrogen (secondary N) is 1. The molecular weight excluding hydrogens is 277 g/mol. The highest BCUT2D eigenvalue weighted by atomic mass is 19.2. The molecule has 0 atom stereocenters. The number of hydrogen-bond donors (Lipinski definition) is 1. The smallest absolute Gasteiger partial charge is 0.182 e. The Kier molecular flexibility index (Phi) is 3.48. The van der Waals surface area contributed by atoms with Gasteiger partial charge in [0.05, 0.1) is 11.2 Å². The van der Waals surface area contributed by atoms with E-state index in [9.17, 15) is 13.2 Å². The van der Waals surface area contributed by atoms with Crippen molar-refractivity contribution >= 4 is 16.6 Å². The van der Waals surface area contributed by atoms with Crippen molar-refractivity contribution < 1.29 is 13.2 Å². The number of fused-ring (bicyclic) bond motifs is 1. The van der Waals surface area contributed by atoms with Crippen LogP contribution in [0.25, 0.3) is 10.9 Å². The predicted molar refractivity (Wildman–Crippen MR) is 75.4 cm³/mol. The van der Waals surface area contributed by atoms with E-state index in [2.05, 4.69) is 10.3 Å². The Labute approximate surface area is 119 Å². The van der Waals surface area contributed by atoms with Crippen LogP contribution in [0, 0.1) is 17.5 Å². The lowest BCUT2D eigenvalue weighted by molar-refractivity contribution is 0.497. The van der Waals surface area contributed by atoms with Gasteiger partial charge in [0.1, 0.15) is 5.82 Å². The third-order valence-corrected chi connectivity index (χ3v) is 3.18. The summed E-state index contributed by atoms with van der Waals surface area (Å²) >= 11 is 0. The minimum absolute atomic E-state index is 0.208. The maximum atomic E-state index is 13.6. The van der Waals surface area contributed by atoms with Gasteiger partial charge in [0, 0.05) is 30.3 Å². The molecule has 0 amide bonds. The number of nitrogens with zero attached hydrogens (tertiary/aromatic N) is 1. The van der Waals surface area contributed by atoms with Gasteiger partial charge in [-0.25, -0.2) is 13.2 Å². The Balaban J connectivity index is 1.91. The van der Waals surface area contributed by atoms with Crippen LogP contribution in [0.15, 0.2) is 48.7 Å². The molecule has 2 nitrogen and oxygen atoms in total. The van der Waals surface area contributed by atoms with Gasteiger partial charge in [-0.3, -0.25) is 4.98 Å². The van der Waals surface area contributed by atoms with Gasteiger partial charge in [-0.05, 0) is 11.6 Å². The van der Waals surface area contributed by atoms with Crippen molar-refractivity contribution in [1.82, 2.24) is 4.98 Å². The summed E-state index contributed by atoms with van der Waals surface area (Å²) in [4.78, 5) is 4.27. The first kappa shape index (κ1) is 13.4. The molecule has 2 aromatic carbocycles. The first-order valence-electron chi connectivity index (χ1n) is 6.36. The van der Waals surface area contributed by atoms with E-state index in [0.29, 0.717) is 6.07 Å². The third kappa shape index (κ3) is 2.67. The lowest BCUT2D eigenvalue weighted by Gasteiger charge is -2.10. The fraction of sp³-hybridized carbons (Fsp3) is 0.0625. The molecule has 0 fully saturated rings. The molecule has 0 bridgehead atoms. The second-order valence-electron chi connectivity index (χ2n) is 4.59. The fourth-order valence-electron chi connectivity index (χ4n) is 2.19. The number of para-hydroxylation sites is 1. The number of rotatable bonds is 3. The van der Waals surface area contributed by atoms with E-state index >= 15 is 0 Å². The molecule has 0 radical (unpaired) electrons. The molecular formula is C16H11F3N2. The number of benzene rings is 2. The van der Waals surface area contributed by atoms with E-state index in [1.54, 1.807) is 6.20 Å². The summed E-state index contributed by atoms with van der Waals surface area (Å²) in [7, 11) is 0. The highest BCUT2D eigenvalue weighted by molar-refractivity contribution is 5.81. The normalized spacial score (nSPS) is 10.8. The van der Waals surface area contributed by atoms with Crippen LogP contribution in [-0.4, -0.2) is 4.98 Å². The van der Waals surface area contributed by atoms with Crippen molar-refractivity contribution in [3.8, 4) is 0 Å². The summed E-state index contributed by atoms with van der Waals surface area (Å²) < 4.78 is 39.9. The molecule has 0 saturated heterocycles. The zero-order valence-corrected chi connectivity index (χ0v) is 10.9. The van der Waals surface area contributed by atoms with Crippen molar-refractivity contribution in [2.24, 2.45) is 0 Å². The van der Waals surface area contributed by atoms with Crippen LogP contribution < -0.4 is 5.32 Å². The molecule has 21 heavy (non-hydrogen) atoms. The molecule has 0 aliphatic rings. The molecule has 0 unspecified atom stereocenters. The SMILES string of the molecule is Fc1cc(F)c(F)c(NCc2cccc3cccnc23)c1. The maximum absolute atomic E-state index is 13.6. The molecule has 0 aliphatic heterocycles. The van der Waals surface area contributed by atoms with Crippen LogP contribution in [0.1, 0.15) is 5.56 Å². The van der Waals surface area contributed by atoms with E-state index in [4.69, 9.17) is 0 Å². The Hall–Kier alpha value is -2.56. The van der Waals surface area contributed by atoms with Crippen LogP contribution in [0.3, 0.4) is 0 Å². The van der Waals surface area contributed by atoms with Gasteiger partial charge < -0.3 is 5.32 Å². The van der Waals surface area contributed by atoms with E-state index in [0.717, 1.165) is 22.5 Å². The van der Waals surface area contributed by atoms with Gasteiger partial charge in [-0.2, -0.15) is 0 Å². The quantitative estimate of drug-likeness (QED) is 0.728. The highest BCUT2D eigenvalue weighted by Crippen LogP contribution is 2.21. The predicted octanol–water partition coefficient (Wildman–Crippen LogP) is 4.26. The van der Waals surface area contributed by atoms with Crippen molar-refractivity contribution in [3.05, 3.63) is 71.7 Å². The summed E-state index contributed by atoms with van der Waals surface area (Å²) in [5.74, 6) is -3.13. The van der Waals surface area contributed by atoms with Crippen LogP contribution >= 0.6 is 0 Å². The van der Waals surface area contributed by atoms with Crippen molar-refractivity contribution in [1.29, 1.82) is 0 Å². The van der Waals surface area contributed by atoms with Gasteiger partial charge >= 0.3 is 0 Å². The number of anilines is 1. The van der Waals surface area contributed by atoms with E-state index in [-0.39, 0.29) is 12.2 Å². The number of pyridine rings is 1. The molecule has 106 valence electrons. The third-order valence-electron chi connectivity index (χ3n) is 3.18. The van der Waals surface area contributed by atoms with Gasteiger partial charge in [-0.15, -0.1) is 0 Å². The Bertz CT molecular complexity index is 797. The Morgan fingerprint density at radius 2 is 1.81 bits per heavy atom. The van der Waals surface area contributed by atoms with E-state index < -0.39 is 17.5 Å². The average molecular weight is 288 g/mol. The Morgan fingerprint density at radius 1 is 1.00 bits per heavy atom. The van der Waals surface area contributed by atoms with Crippen molar-refractivity contribution in [2.75, 3.05) is 5.32 Å². The largest absolute Gasteiger partial charge is 0.378 e. The van der Waals surface area contributed by atoms with Crippen molar-refractivity contribution in [2.45, 2.75) is 6.54 Å². The molecule has 3 rings (SSSR count). The first-order chi connectivity index (χ1) is 10.1. The molecule has 3 aromatic rings. The van der Waals surface area contributed by atoms with Gasteiger partial charge in [0.25, 0.3) is 0 Å². The molecule has 0 saturated carbocycles. The van der Waals surface area contributed by atoms with Crippen LogP contribution in [-0.2, 0) is 6.54 Å². The van der Waals surface area contributed by atoms with Gasteiger partial charge in [-0.1, -0.05) is 24.3 Å². The van der Waals surface area contributed by atoms with Crippen LogP contribution in [0.4, 0.5) is 18.9 Å². The van der Waals surface area contributed by atoms with E-state index in [1.807, 2.05) is 30.3 Å². The molecule has 5 heteroatoms. The molecule has 0 aliphatic carbocycles. The molecule has 1 aromatic heterocycles. The summed E-state index contributed by atoms with van der Waals surface area (Å²) in [6.07, 6.45) is 1.66. The minimum atomic E-state index is -1.21. The number of hydrogen-bond acceptors (Lipinski definition) is 2. The first-order valence-corrected chi connectivity index (χ1v) is 6.36. The number of aromatic nitrogens is 1. The fourth-order valence-corrected chi connectivity index (χ4v) is 2.19. The van der Waals surface area contributed by atoms with Gasteiger partial charge in [0.15, 0.2) is 11.6 Å². The van der Waals surface area contributed by atoms with Crippen LogP contribution in [0.2, 0.25) is 0 Å². The lowest BCUT2D eigenvalue weighted by atomic mass is 10.1. The molecule has 0 spiro atoms. The summed E-state index contributed by atoms with van der Waals surface area (Å²) in [6.45, 7) is 0.216. The highest BCUT2D eigenvalue weighted by Gasteiger charge is 2.11. The summed E-state index contributed by atoms with van der Waals surface area (Å²) in [5.41, 5.74) is 1.38. The Morgan fingerprint density at radius 3 is 2.67 bits per heavy atom. The topological polar surface area (TPSA) is 24.9 Å². The lowest BCUT2D eigenvalue weighted by Crippen LogP contribution is -2.04. The zero-order valence-electron chi connectivity index (χ0n) is 10.9. The second-order valence-corrected chi connectivity index (χ2v) is 4.59. The molecule has 1 N–H and O–H groups in total. The monoisotopic (exact) mass is 288 g/mol. The molecule has 1 heterocycles. The van der Waals surface area contributed by atoms with Gasteiger partial charge in [0.2, 0.25) is 0 Å². The average Bonchev–Trinajstić information content (AvgIpc) is 2.49. The standard InChI is InChI=1S/C16H11F3N2/c17-12-7-13(18)15(19)14(8-12)21-9-11-4-1-3-10-5-2-6-20-16(10)11/h1-8,21H,9H2. The summed E-state index contributed by atoms with van der Waals surface area (Å²) in [6, 6.07) is 10.8. The second kappa shape index (κ2) is 5.44. The van der Waals surface area contributed by atoms with Crippen LogP contribution in [0.5, 0.6) is 0 Å². The summed E-state index contributed by atoms with van der Waals surface area (Å²) in [5, 5.41) is 3.65. The minimum Gasteiger partial charge on any atom is -0.378 e. The number of halogens is 3. The maximum Gasteiger partial charge on any atom is 0.182 e.